The molecule has 9 heteroatoms. The number of aromatic nitrogens is 4. The molecule has 0 spiro atoms. The van der Waals surface area contributed by atoms with Gasteiger partial charge in [-0.3, -0.25) is 4.79 Å². The first kappa shape index (κ1) is 19.0. The molecule has 3 aromatic rings. The number of aryl methyl sites for hydroxylation is 1. The molecule has 0 radical (unpaired) electrons. The van der Waals surface area contributed by atoms with E-state index < -0.39 is 0 Å². The van der Waals surface area contributed by atoms with Crippen molar-refractivity contribution in [3.8, 4) is 5.75 Å². The van der Waals surface area contributed by atoms with Crippen LogP contribution < -0.4 is 4.74 Å². The van der Waals surface area contributed by atoms with E-state index in [0.717, 1.165) is 22.8 Å². The maximum atomic E-state index is 12.4. The number of hydrogen-bond donors (Lipinski definition) is 0. The predicted octanol–water partition coefficient (Wildman–Crippen LogP) is 2.38. The Labute approximate surface area is 161 Å². The van der Waals surface area contributed by atoms with Gasteiger partial charge in [-0.25, -0.2) is 4.68 Å². The number of nitrogens with zero attached hydrogens (tertiary/aromatic N) is 5. The fourth-order valence-electron chi connectivity index (χ4n) is 2.43. The monoisotopic (exact) mass is 387 g/mol. The van der Waals surface area contributed by atoms with Gasteiger partial charge in [-0.1, -0.05) is 23.9 Å². The molecule has 0 unspecified atom stereocenters. The van der Waals surface area contributed by atoms with Crippen molar-refractivity contribution < 1.29 is 13.9 Å². The minimum atomic E-state index is -0.0203. The highest BCUT2D eigenvalue weighted by molar-refractivity contribution is 7.99. The number of ether oxygens (including phenoxy) is 1. The second-order valence-electron chi connectivity index (χ2n) is 6.02. The molecule has 1 amide bonds. The topological polar surface area (TPSA) is 86.3 Å². The highest BCUT2D eigenvalue weighted by Crippen LogP contribution is 2.18. The van der Waals surface area contributed by atoms with E-state index in [4.69, 9.17) is 9.15 Å². The number of tetrazole rings is 1. The molecule has 0 aliphatic rings. The molecule has 0 aliphatic carbocycles. The van der Waals surface area contributed by atoms with Crippen LogP contribution in [0.15, 0.2) is 46.0 Å². The van der Waals surface area contributed by atoms with Gasteiger partial charge in [0.15, 0.2) is 0 Å². The Morgan fingerprint density at radius 3 is 2.70 bits per heavy atom. The third-order valence-corrected chi connectivity index (χ3v) is 4.87. The number of methoxy groups -OCH3 is 1. The van der Waals surface area contributed by atoms with E-state index >= 15 is 0 Å². The van der Waals surface area contributed by atoms with E-state index in [-0.39, 0.29) is 11.7 Å². The number of carbonyl (C=O) groups excluding carboxylic acids is 1. The van der Waals surface area contributed by atoms with Crippen LogP contribution in [0.5, 0.6) is 5.75 Å². The van der Waals surface area contributed by atoms with E-state index in [1.54, 1.807) is 23.7 Å². The summed E-state index contributed by atoms with van der Waals surface area (Å²) in [6.45, 7) is 2.84. The van der Waals surface area contributed by atoms with Crippen molar-refractivity contribution in [2.75, 3.05) is 19.9 Å². The summed E-state index contributed by atoms with van der Waals surface area (Å²) >= 11 is 1.31. The minimum absolute atomic E-state index is 0.0203. The first-order chi connectivity index (χ1) is 13.0. The molecular formula is C18H21N5O3S. The van der Waals surface area contributed by atoms with Crippen molar-refractivity contribution in [1.82, 2.24) is 25.1 Å². The van der Waals surface area contributed by atoms with Crippen molar-refractivity contribution in [1.29, 1.82) is 0 Å². The summed E-state index contributed by atoms with van der Waals surface area (Å²) < 4.78 is 12.3. The summed E-state index contributed by atoms with van der Waals surface area (Å²) in [4.78, 5) is 14.0. The van der Waals surface area contributed by atoms with Crippen molar-refractivity contribution in [2.24, 2.45) is 0 Å². The molecular weight excluding hydrogens is 366 g/mol. The third kappa shape index (κ3) is 5.10. The summed E-state index contributed by atoms with van der Waals surface area (Å²) in [7, 11) is 3.38. The number of hydrogen-bond acceptors (Lipinski definition) is 7. The molecule has 0 fully saturated rings. The fraction of sp³-hybridized carbons (Fsp3) is 0.333. The summed E-state index contributed by atoms with van der Waals surface area (Å²) in [5, 5.41) is 12.3. The lowest BCUT2D eigenvalue weighted by Crippen LogP contribution is -2.27. The summed E-state index contributed by atoms with van der Waals surface area (Å²) in [5.74, 6) is 2.62. The van der Waals surface area contributed by atoms with Crippen LogP contribution >= 0.6 is 11.8 Å². The molecule has 8 nitrogen and oxygen atoms in total. The van der Waals surface area contributed by atoms with Gasteiger partial charge in [0.25, 0.3) is 0 Å². The maximum Gasteiger partial charge on any atom is 0.233 e. The molecule has 2 aromatic heterocycles. The van der Waals surface area contributed by atoms with Gasteiger partial charge in [-0.15, -0.1) is 5.10 Å². The first-order valence-electron chi connectivity index (χ1n) is 8.36. The zero-order valence-corrected chi connectivity index (χ0v) is 16.3. The Morgan fingerprint density at radius 2 is 2.04 bits per heavy atom. The van der Waals surface area contributed by atoms with Crippen molar-refractivity contribution in [2.45, 2.75) is 25.2 Å². The van der Waals surface area contributed by atoms with Crippen LogP contribution in [0.25, 0.3) is 0 Å². The Kier molecular flexibility index (Phi) is 6.12. The lowest BCUT2D eigenvalue weighted by Gasteiger charge is -2.15. The molecule has 27 heavy (non-hydrogen) atoms. The number of carbonyl (C=O) groups is 1. The van der Waals surface area contributed by atoms with Crippen LogP contribution in [0.2, 0.25) is 0 Å². The second kappa shape index (κ2) is 8.72. The first-order valence-corrected chi connectivity index (χ1v) is 9.35. The Morgan fingerprint density at radius 1 is 1.26 bits per heavy atom. The molecule has 0 bridgehead atoms. The smallest absolute Gasteiger partial charge is 0.233 e. The molecule has 0 aliphatic heterocycles. The van der Waals surface area contributed by atoms with Crippen LogP contribution in [-0.2, 0) is 17.9 Å². The second-order valence-corrected chi connectivity index (χ2v) is 6.96. The molecule has 0 saturated heterocycles. The number of benzene rings is 1. The lowest BCUT2D eigenvalue weighted by molar-refractivity contribution is -0.127. The lowest BCUT2D eigenvalue weighted by atomic mass is 10.2. The fourth-order valence-corrected chi connectivity index (χ4v) is 3.25. The Hall–Kier alpha value is -2.81. The van der Waals surface area contributed by atoms with Crippen LogP contribution in [-0.4, -0.2) is 50.9 Å². The Bertz CT molecular complexity index is 891. The van der Waals surface area contributed by atoms with Crippen molar-refractivity contribution in [3.63, 3.8) is 0 Å². The van der Waals surface area contributed by atoms with E-state index in [9.17, 15) is 4.79 Å². The predicted molar refractivity (Wildman–Crippen MR) is 101 cm³/mol. The van der Waals surface area contributed by atoms with Gasteiger partial charge in [0, 0.05) is 7.05 Å². The summed E-state index contributed by atoms with van der Waals surface area (Å²) in [5.41, 5.74) is 1.04. The van der Waals surface area contributed by atoms with Gasteiger partial charge in [0.1, 0.15) is 17.3 Å². The van der Waals surface area contributed by atoms with Gasteiger partial charge >= 0.3 is 0 Å². The van der Waals surface area contributed by atoms with E-state index in [0.29, 0.717) is 18.2 Å². The zero-order chi connectivity index (χ0) is 19.2. The zero-order valence-electron chi connectivity index (χ0n) is 15.5. The number of rotatable bonds is 8. The summed E-state index contributed by atoms with van der Waals surface area (Å²) in [6, 6.07) is 11.5. The maximum absolute atomic E-state index is 12.4. The van der Waals surface area contributed by atoms with Crippen molar-refractivity contribution >= 4 is 17.7 Å². The van der Waals surface area contributed by atoms with Crippen LogP contribution in [0.1, 0.15) is 17.1 Å². The van der Waals surface area contributed by atoms with E-state index in [1.165, 1.54) is 11.8 Å². The number of furan rings is 1. The Balaban J connectivity index is 1.55. The van der Waals surface area contributed by atoms with E-state index in [2.05, 4.69) is 15.5 Å². The summed E-state index contributed by atoms with van der Waals surface area (Å²) in [6.07, 6.45) is 0. The quantitative estimate of drug-likeness (QED) is 0.549. The molecule has 0 N–H and O–H groups in total. The van der Waals surface area contributed by atoms with Crippen LogP contribution in [0.3, 0.4) is 0 Å². The average molecular weight is 387 g/mol. The van der Waals surface area contributed by atoms with Gasteiger partial charge in [-0.05, 0) is 47.2 Å². The van der Waals surface area contributed by atoms with Gasteiger partial charge in [-0.2, -0.15) is 0 Å². The molecule has 0 atom stereocenters. The minimum Gasteiger partial charge on any atom is -0.497 e. The highest BCUT2D eigenvalue weighted by Gasteiger charge is 2.15. The largest absolute Gasteiger partial charge is 0.497 e. The van der Waals surface area contributed by atoms with Gasteiger partial charge in [0.05, 0.1) is 26.0 Å². The highest BCUT2D eigenvalue weighted by atomic mass is 32.2. The third-order valence-electron chi connectivity index (χ3n) is 3.93. The normalized spacial score (nSPS) is 10.8. The molecule has 1 aromatic carbocycles. The van der Waals surface area contributed by atoms with Gasteiger partial charge < -0.3 is 14.1 Å². The average Bonchev–Trinajstić information content (AvgIpc) is 3.29. The van der Waals surface area contributed by atoms with Crippen molar-refractivity contribution in [3.05, 3.63) is 53.5 Å². The van der Waals surface area contributed by atoms with Crippen LogP contribution in [0.4, 0.5) is 0 Å². The van der Waals surface area contributed by atoms with Crippen LogP contribution in [0, 0.1) is 6.92 Å². The molecule has 3 rings (SSSR count). The number of amides is 1. The molecule has 142 valence electrons. The SMILES string of the molecule is COc1ccc(Cn2nnnc2SCC(=O)N(C)Cc2ccc(C)o2)cc1. The molecule has 2 heterocycles. The van der Waals surface area contributed by atoms with Gasteiger partial charge in [0.2, 0.25) is 11.1 Å². The van der Waals surface area contributed by atoms with E-state index in [1.807, 2.05) is 43.3 Å². The number of thioether (sulfide) groups is 1. The standard InChI is InChI=1S/C18H21N5O3S/c1-13-4-7-16(26-13)11-22(2)17(24)12-27-18-19-20-21-23(18)10-14-5-8-15(25-3)9-6-14/h4-9H,10-12H2,1-3H3. The molecule has 0 saturated carbocycles.